The topological polar surface area (TPSA) is 69.6 Å². The Morgan fingerprint density at radius 2 is 1.56 bits per heavy atom. The molecule has 5 aromatic rings. The molecule has 4 bridgehead atoms. The molecule has 0 radical (unpaired) electrons. The lowest BCUT2D eigenvalue weighted by Crippen LogP contribution is -2.55. The van der Waals surface area contributed by atoms with Crippen LogP contribution in [-0.2, 0) is 5.60 Å². The molecule has 0 aliphatic heterocycles. The predicted octanol–water partition coefficient (Wildman–Crippen LogP) is 11.8. The molecule has 4 fully saturated rings. The van der Waals surface area contributed by atoms with Crippen molar-refractivity contribution < 1.29 is 9.84 Å². The summed E-state index contributed by atoms with van der Waals surface area (Å²) < 4.78 is 6.86. The van der Waals surface area contributed by atoms with E-state index in [1.807, 2.05) is 62.6 Å². The maximum absolute atomic E-state index is 13.0. The van der Waals surface area contributed by atoms with E-state index in [2.05, 4.69) is 113 Å². The highest BCUT2D eigenvalue weighted by molar-refractivity contribution is 9.10. The highest BCUT2D eigenvalue weighted by Gasteiger charge is 2.48. The minimum absolute atomic E-state index is 0.426. The van der Waals surface area contributed by atoms with Gasteiger partial charge in [0.05, 0.1) is 12.6 Å². The fraction of sp³-hybridized carbons (Fsp3) is 0.463. The van der Waals surface area contributed by atoms with Gasteiger partial charge in [0.2, 0.25) is 5.88 Å². The number of hydrogen-bond acceptors (Lipinski definition) is 6. The third-order valence-corrected chi connectivity index (χ3v) is 14.2. The quantitative estimate of drug-likeness (QED) is 0.0638. The van der Waals surface area contributed by atoms with Gasteiger partial charge >= 0.3 is 0 Å². The van der Waals surface area contributed by atoms with Crippen molar-refractivity contribution in [1.29, 1.82) is 0 Å². The molecule has 4 saturated carbocycles. The molecule has 0 unspecified atom stereocenters. The Kier molecular flexibility index (Phi) is 15.6. The monoisotopic (exact) mass is 884 g/mol. The molecule has 4 aliphatic carbocycles. The fourth-order valence-electron chi connectivity index (χ4n) is 10.9. The first-order valence-corrected chi connectivity index (χ1v) is 23.6. The molecule has 2 atom stereocenters. The number of allylic oxidation sites excluding steroid dienone is 3. The van der Waals surface area contributed by atoms with E-state index < -0.39 is 11.5 Å². The van der Waals surface area contributed by atoms with E-state index in [0.717, 1.165) is 92.2 Å². The van der Waals surface area contributed by atoms with Crippen molar-refractivity contribution >= 4 is 37.6 Å². The number of nitrogens with zero attached hydrogens (tertiary/aromatic N) is 2. The summed E-state index contributed by atoms with van der Waals surface area (Å²) in [5.74, 6) is 4.26. The van der Waals surface area contributed by atoms with E-state index in [-0.39, 0.29) is 0 Å². The van der Waals surface area contributed by atoms with Crippen LogP contribution in [0.4, 0.5) is 0 Å². The summed E-state index contributed by atoms with van der Waals surface area (Å²) in [6, 6.07) is 33.6. The zero-order chi connectivity index (χ0) is 42.9. The number of rotatable bonds is 17. The second kappa shape index (κ2) is 21.0. The molecule has 4 aromatic carbocycles. The average molecular weight is 886 g/mol. The second-order valence-electron chi connectivity index (χ2n) is 18.8. The van der Waals surface area contributed by atoms with Crippen LogP contribution < -0.4 is 15.4 Å². The summed E-state index contributed by atoms with van der Waals surface area (Å²) in [6.07, 6.45) is 15.2. The molecule has 7 heteroatoms. The van der Waals surface area contributed by atoms with Crippen molar-refractivity contribution in [3.63, 3.8) is 0 Å². The van der Waals surface area contributed by atoms with E-state index in [1.54, 1.807) is 13.5 Å². The molecule has 61 heavy (non-hydrogen) atoms. The number of aromatic nitrogens is 1. The number of benzene rings is 4. The zero-order valence-electron chi connectivity index (χ0n) is 37.5. The van der Waals surface area contributed by atoms with Crippen molar-refractivity contribution in [3.8, 4) is 5.88 Å². The first-order chi connectivity index (χ1) is 29.5. The van der Waals surface area contributed by atoms with Crippen molar-refractivity contribution in [1.82, 2.24) is 20.5 Å². The summed E-state index contributed by atoms with van der Waals surface area (Å²) in [5, 5.41) is 23.6. The number of fused-ring (bicyclic) bond motifs is 2. The summed E-state index contributed by atoms with van der Waals surface area (Å²) in [7, 11) is 5.73. The molecule has 1 heterocycles. The average Bonchev–Trinajstić information content (AvgIpc) is 3.24. The Balaban J connectivity index is 0.000000202. The third-order valence-electron chi connectivity index (χ3n) is 13.7. The van der Waals surface area contributed by atoms with Gasteiger partial charge in [-0.25, -0.2) is 4.98 Å². The molecule has 0 amide bonds. The smallest absolute Gasteiger partial charge is 0.217 e. The van der Waals surface area contributed by atoms with Crippen LogP contribution in [0.2, 0.25) is 0 Å². The van der Waals surface area contributed by atoms with Crippen LogP contribution in [0.25, 0.3) is 21.7 Å². The van der Waals surface area contributed by atoms with Crippen LogP contribution in [0.3, 0.4) is 0 Å². The van der Waals surface area contributed by atoms with Crippen LogP contribution in [0.5, 0.6) is 5.88 Å². The number of ether oxygens (including phenoxy) is 1. The molecular weight excluding hydrogens is 817 g/mol. The molecular formula is C54H69BrN4O2. The van der Waals surface area contributed by atoms with Crippen LogP contribution in [-0.4, -0.2) is 68.4 Å². The van der Waals surface area contributed by atoms with Gasteiger partial charge in [-0.05, 0) is 156 Å². The Labute approximate surface area is 374 Å². The fourth-order valence-corrected chi connectivity index (χ4v) is 11.3. The molecule has 1 aromatic heterocycles. The van der Waals surface area contributed by atoms with Crippen LogP contribution >= 0.6 is 15.9 Å². The van der Waals surface area contributed by atoms with Crippen LogP contribution in [0, 0.1) is 23.7 Å². The second-order valence-corrected chi connectivity index (χ2v) is 19.7. The first kappa shape index (κ1) is 45.2. The van der Waals surface area contributed by atoms with Gasteiger partial charge in [-0.2, -0.15) is 0 Å². The van der Waals surface area contributed by atoms with Crippen LogP contribution in [0.15, 0.2) is 125 Å². The Morgan fingerprint density at radius 1 is 0.852 bits per heavy atom. The summed E-state index contributed by atoms with van der Waals surface area (Å²) >= 11 is 3.60. The summed E-state index contributed by atoms with van der Waals surface area (Å²) in [5.41, 5.74) is 5.29. The van der Waals surface area contributed by atoms with Gasteiger partial charge in [0.25, 0.3) is 0 Å². The molecule has 0 saturated heterocycles. The minimum atomic E-state index is -1.25. The third kappa shape index (κ3) is 11.2. The number of hydrogen-bond donors (Lipinski definition) is 3. The number of halogens is 1. The highest BCUT2D eigenvalue weighted by atomic mass is 79.9. The maximum atomic E-state index is 13.0. The normalized spacial score (nSPS) is 22.2. The Hall–Kier alpha value is -3.85. The lowest BCUT2D eigenvalue weighted by molar-refractivity contribution is -0.0133. The van der Waals surface area contributed by atoms with Gasteiger partial charge in [0.1, 0.15) is 5.60 Å². The van der Waals surface area contributed by atoms with E-state index in [4.69, 9.17) is 9.72 Å². The zero-order valence-corrected chi connectivity index (χ0v) is 39.1. The van der Waals surface area contributed by atoms with E-state index in [0.29, 0.717) is 18.8 Å². The molecule has 324 valence electrons. The lowest BCUT2D eigenvalue weighted by atomic mass is 9.54. The van der Waals surface area contributed by atoms with E-state index in [9.17, 15) is 5.11 Å². The highest BCUT2D eigenvalue weighted by Crippen LogP contribution is 2.54. The molecule has 6 nitrogen and oxygen atoms in total. The van der Waals surface area contributed by atoms with Crippen molar-refractivity contribution in [3.05, 3.63) is 142 Å². The predicted molar refractivity (Wildman–Crippen MR) is 259 cm³/mol. The summed E-state index contributed by atoms with van der Waals surface area (Å²) in [4.78, 5) is 7.00. The number of pyridine rings is 1. The minimum Gasteiger partial charge on any atom is -0.481 e. The van der Waals surface area contributed by atoms with Crippen molar-refractivity contribution in [2.24, 2.45) is 23.7 Å². The standard InChI is InChI=1S/C32H31BrN2O2.C22H38N2/c1-35(2)19-18-32(36,28-15-9-13-22-10-7-8-14-26(22)28)30(23-11-5-4-6-12-23)27-21-24-20-25(33)16-17-29(24)34-31(27)37-3;1-16(2)5-4-6-17(3)7-8-23-9-10-24-22-20-12-18-11-19(14-20)15-21(22)13-18/h4-17,20-21,30,36H,18-19H2,1-3H3;5,7,18-24H,4,6,8-15H2,1-3H3/b;17-7+/t30-,32-;/m1./s1. The lowest BCUT2D eigenvalue weighted by Gasteiger charge is -2.54. The molecule has 4 aliphatic rings. The van der Waals surface area contributed by atoms with Crippen molar-refractivity contribution in [2.45, 2.75) is 89.7 Å². The van der Waals surface area contributed by atoms with Gasteiger partial charge in [-0.1, -0.05) is 112 Å². The van der Waals surface area contributed by atoms with E-state index >= 15 is 0 Å². The molecule has 9 rings (SSSR count). The van der Waals surface area contributed by atoms with Gasteiger partial charge < -0.3 is 25.4 Å². The van der Waals surface area contributed by atoms with Gasteiger partial charge in [0.15, 0.2) is 0 Å². The first-order valence-electron chi connectivity index (χ1n) is 22.8. The maximum Gasteiger partial charge on any atom is 0.217 e. The SMILES string of the molecule is CC(C)=CCC/C(C)=C/CNCCNC1C2CC3CC(C2)CC1C3.COc1nc2ccc(Br)cc2cc1[C@@H](c1ccccc1)[C@@](O)(CCN(C)C)c1cccc2ccccc12. The molecule has 3 N–H and O–H groups in total. The number of aliphatic hydroxyl groups is 1. The van der Waals surface area contributed by atoms with Crippen molar-refractivity contribution in [2.75, 3.05) is 47.4 Å². The van der Waals surface area contributed by atoms with Gasteiger partial charge in [0, 0.05) is 53.6 Å². The summed E-state index contributed by atoms with van der Waals surface area (Å²) in [6.45, 7) is 10.6. The molecule has 0 spiro atoms. The van der Waals surface area contributed by atoms with Gasteiger partial charge in [-0.15, -0.1) is 0 Å². The Morgan fingerprint density at radius 3 is 2.26 bits per heavy atom. The van der Waals surface area contributed by atoms with E-state index in [1.165, 1.54) is 49.7 Å². The number of methoxy groups -OCH3 is 1. The number of nitrogens with one attached hydrogen (secondary N) is 2. The van der Waals surface area contributed by atoms with Gasteiger partial charge in [-0.3, -0.25) is 0 Å². The largest absolute Gasteiger partial charge is 0.481 e. The Bertz CT molecular complexity index is 2230. The van der Waals surface area contributed by atoms with Crippen LogP contribution in [0.1, 0.15) is 94.7 Å².